The molecule has 1 aromatic heterocycles. The second-order valence-corrected chi connectivity index (χ2v) is 5.76. The third-order valence-electron chi connectivity index (χ3n) is 3.26. The highest BCUT2D eigenvalue weighted by molar-refractivity contribution is 9.10. The number of amides is 1. The first-order valence-electron chi connectivity index (χ1n) is 6.71. The van der Waals surface area contributed by atoms with Gasteiger partial charge in [-0.1, -0.05) is 40.2 Å². The molecule has 2 aromatic carbocycles. The Morgan fingerprint density at radius 3 is 2.86 bits per heavy atom. The van der Waals surface area contributed by atoms with Gasteiger partial charge in [0.15, 0.2) is 5.76 Å². The quantitative estimate of drug-likeness (QED) is 0.562. The Balaban J connectivity index is 1.75. The molecule has 0 fully saturated rings. The zero-order valence-corrected chi connectivity index (χ0v) is 13.4. The summed E-state index contributed by atoms with van der Waals surface area (Å²) in [7, 11) is 0. The summed E-state index contributed by atoms with van der Waals surface area (Å²) in [5.41, 5.74) is 5.19. The van der Waals surface area contributed by atoms with Crippen LogP contribution in [-0.4, -0.2) is 12.1 Å². The molecule has 1 heterocycles. The van der Waals surface area contributed by atoms with E-state index in [1.165, 1.54) is 0 Å². The number of halogens is 1. The minimum atomic E-state index is -0.378. The average molecular weight is 357 g/mol. The van der Waals surface area contributed by atoms with Crippen molar-refractivity contribution in [3.05, 3.63) is 69.9 Å². The molecule has 0 radical (unpaired) electrons. The van der Waals surface area contributed by atoms with Crippen molar-refractivity contribution in [2.45, 2.75) is 6.92 Å². The Kier molecular flexibility index (Phi) is 4.06. The van der Waals surface area contributed by atoms with E-state index in [0.29, 0.717) is 5.58 Å². The van der Waals surface area contributed by atoms with Crippen LogP contribution in [0.2, 0.25) is 0 Å². The molecule has 5 heteroatoms. The van der Waals surface area contributed by atoms with Crippen LogP contribution in [0.25, 0.3) is 11.0 Å². The van der Waals surface area contributed by atoms with Crippen LogP contribution < -0.4 is 5.43 Å². The van der Waals surface area contributed by atoms with E-state index in [9.17, 15) is 4.79 Å². The van der Waals surface area contributed by atoms with E-state index in [4.69, 9.17) is 4.42 Å². The molecule has 1 amide bonds. The van der Waals surface area contributed by atoms with Crippen LogP contribution in [0.15, 0.2) is 62.5 Å². The van der Waals surface area contributed by atoms with Crippen LogP contribution >= 0.6 is 15.9 Å². The van der Waals surface area contributed by atoms with E-state index < -0.39 is 0 Å². The molecule has 0 saturated heterocycles. The Labute approximate surface area is 136 Å². The normalized spacial score (nSPS) is 11.2. The number of nitrogens with zero attached hydrogens (tertiary/aromatic N) is 1. The lowest BCUT2D eigenvalue weighted by molar-refractivity contribution is 0.0929. The summed E-state index contributed by atoms with van der Waals surface area (Å²) in [4.78, 5) is 12.0. The highest BCUT2D eigenvalue weighted by Crippen LogP contribution is 2.23. The average Bonchev–Trinajstić information content (AvgIpc) is 2.92. The minimum Gasteiger partial charge on any atom is -0.451 e. The maximum absolute atomic E-state index is 12.0. The molecule has 0 atom stereocenters. The molecule has 0 aliphatic carbocycles. The summed E-state index contributed by atoms with van der Waals surface area (Å²) in [5, 5.41) is 4.84. The van der Waals surface area contributed by atoms with Gasteiger partial charge >= 0.3 is 5.91 Å². The molecule has 0 spiro atoms. The number of hydrazone groups is 1. The molecule has 3 rings (SSSR count). The fourth-order valence-corrected chi connectivity index (χ4v) is 2.45. The molecule has 0 saturated carbocycles. The molecular weight excluding hydrogens is 344 g/mol. The number of hydrogen-bond acceptors (Lipinski definition) is 3. The van der Waals surface area contributed by atoms with Gasteiger partial charge in [-0.05, 0) is 42.3 Å². The SMILES string of the molecule is Cc1ccccc1/C=N/NC(=O)c1cc2cc(Br)ccc2o1. The van der Waals surface area contributed by atoms with E-state index in [2.05, 4.69) is 26.5 Å². The fourth-order valence-electron chi connectivity index (χ4n) is 2.07. The number of carbonyl (C=O) groups excluding carboxylic acids is 1. The van der Waals surface area contributed by atoms with Gasteiger partial charge in [-0.3, -0.25) is 4.79 Å². The van der Waals surface area contributed by atoms with Crippen LogP contribution in [0.3, 0.4) is 0 Å². The summed E-state index contributed by atoms with van der Waals surface area (Å²) >= 11 is 3.39. The minimum absolute atomic E-state index is 0.232. The maximum atomic E-state index is 12.0. The molecular formula is C17H13BrN2O2. The van der Waals surface area contributed by atoms with Gasteiger partial charge in [-0.25, -0.2) is 5.43 Å². The summed E-state index contributed by atoms with van der Waals surface area (Å²) in [6, 6.07) is 15.1. The molecule has 3 aromatic rings. The number of aryl methyl sites for hydroxylation is 1. The number of carbonyl (C=O) groups is 1. The predicted octanol–water partition coefficient (Wildman–Crippen LogP) is 4.27. The van der Waals surface area contributed by atoms with Gasteiger partial charge in [0.05, 0.1) is 6.21 Å². The van der Waals surface area contributed by atoms with Gasteiger partial charge in [0.2, 0.25) is 0 Å². The summed E-state index contributed by atoms with van der Waals surface area (Å²) < 4.78 is 6.44. The number of rotatable bonds is 3. The Bertz CT molecular complexity index is 868. The van der Waals surface area contributed by atoms with Crippen LogP contribution in [0.5, 0.6) is 0 Å². The van der Waals surface area contributed by atoms with Crippen LogP contribution in [-0.2, 0) is 0 Å². The second-order valence-electron chi connectivity index (χ2n) is 4.85. The summed E-state index contributed by atoms with van der Waals surface area (Å²) in [6.45, 7) is 1.99. The number of furan rings is 1. The van der Waals surface area contributed by atoms with Crippen molar-refractivity contribution in [1.82, 2.24) is 5.43 Å². The standard InChI is InChI=1S/C17H13BrN2O2/c1-11-4-2-3-5-12(11)10-19-20-17(21)16-9-13-8-14(18)6-7-15(13)22-16/h2-10H,1H3,(H,20,21)/b19-10+. The van der Waals surface area contributed by atoms with Crippen molar-refractivity contribution in [3.8, 4) is 0 Å². The van der Waals surface area contributed by atoms with E-state index in [1.807, 2.05) is 49.4 Å². The third kappa shape index (κ3) is 3.09. The first-order valence-corrected chi connectivity index (χ1v) is 7.51. The lowest BCUT2D eigenvalue weighted by Crippen LogP contribution is -2.16. The van der Waals surface area contributed by atoms with Crippen LogP contribution in [0.1, 0.15) is 21.7 Å². The maximum Gasteiger partial charge on any atom is 0.307 e. The molecule has 0 aliphatic rings. The lowest BCUT2D eigenvalue weighted by Gasteiger charge is -1.98. The fraction of sp³-hybridized carbons (Fsp3) is 0.0588. The molecule has 1 N–H and O–H groups in total. The molecule has 4 nitrogen and oxygen atoms in total. The largest absolute Gasteiger partial charge is 0.451 e. The van der Waals surface area contributed by atoms with Gasteiger partial charge < -0.3 is 4.42 Å². The zero-order chi connectivity index (χ0) is 15.5. The monoisotopic (exact) mass is 356 g/mol. The van der Waals surface area contributed by atoms with Crippen molar-refractivity contribution < 1.29 is 9.21 Å². The number of benzene rings is 2. The Morgan fingerprint density at radius 1 is 1.23 bits per heavy atom. The number of nitrogens with one attached hydrogen (secondary N) is 1. The van der Waals surface area contributed by atoms with Crippen molar-refractivity contribution >= 4 is 39.0 Å². The third-order valence-corrected chi connectivity index (χ3v) is 3.75. The van der Waals surface area contributed by atoms with Gasteiger partial charge in [0.25, 0.3) is 0 Å². The van der Waals surface area contributed by atoms with Crippen molar-refractivity contribution in [2.75, 3.05) is 0 Å². The van der Waals surface area contributed by atoms with E-state index in [1.54, 1.807) is 12.3 Å². The van der Waals surface area contributed by atoms with E-state index in [-0.39, 0.29) is 11.7 Å². The van der Waals surface area contributed by atoms with E-state index >= 15 is 0 Å². The van der Waals surface area contributed by atoms with Crippen molar-refractivity contribution in [1.29, 1.82) is 0 Å². The van der Waals surface area contributed by atoms with Gasteiger partial charge in [-0.2, -0.15) is 5.10 Å². The Morgan fingerprint density at radius 2 is 2.05 bits per heavy atom. The highest BCUT2D eigenvalue weighted by Gasteiger charge is 2.11. The van der Waals surface area contributed by atoms with Crippen molar-refractivity contribution in [3.63, 3.8) is 0 Å². The molecule has 22 heavy (non-hydrogen) atoms. The zero-order valence-electron chi connectivity index (χ0n) is 11.8. The highest BCUT2D eigenvalue weighted by atomic mass is 79.9. The first kappa shape index (κ1) is 14.5. The molecule has 110 valence electrons. The second kappa shape index (κ2) is 6.15. The molecule has 0 unspecified atom stereocenters. The topological polar surface area (TPSA) is 54.6 Å². The molecule has 0 bridgehead atoms. The summed E-state index contributed by atoms with van der Waals surface area (Å²) in [6.07, 6.45) is 1.62. The summed E-state index contributed by atoms with van der Waals surface area (Å²) in [5.74, 6) is -0.146. The van der Waals surface area contributed by atoms with Gasteiger partial charge in [0.1, 0.15) is 5.58 Å². The lowest BCUT2D eigenvalue weighted by atomic mass is 10.1. The Hall–Kier alpha value is -2.40. The van der Waals surface area contributed by atoms with Gasteiger partial charge in [0, 0.05) is 9.86 Å². The van der Waals surface area contributed by atoms with Crippen LogP contribution in [0, 0.1) is 6.92 Å². The smallest absolute Gasteiger partial charge is 0.307 e. The number of fused-ring (bicyclic) bond motifs is 1. The predicted molar refractivity (Wildman–Crippen MR) is 90.2 cm³/mol. The molecule has 0 aliphatic heterocycles. The van der Waals surface area contributed by atoms with Crippen LogP contribution in [0.4, 0.5) is 0 Å². The first-order chi connectivity index (χ1) is 10.6. The van der Waals surface area contributed by atoms with Gasteiger partial charge in [-0.15, -0.1) is 0 Å². The number of hydrogen-bond donors (Lipinski definition) is 1. The van der Waals surface area contributed by atoms with E-state index in [0.717, 1.165) is 21.0 Å². The van der Waals surface area contributed by atoms with Crippen molar-refractivity contribution in [2.24, 2.45) is 5.10 Å².